The van der Waals surface area contributed by atoms with E-state index < -0.39 is 5.60 Å². The maximum Gasteiger partial charge on any atom is 0.157 e. The monoisotopic (exact) mass is 193 g/mol. The van der Waals surface area contributed by atoms with Gasteiger partial charge < -0.3 is 10.0 Å². The molecule has 2 nitrogen and oxygen atoms in total. The van der Waals surface area contributed by atoms with Crippen LogP contribution in [-0.4, -0.2) is 28.6 Å². The maximum absolute atomic E-state index is 10.1. The second kappa shape index (κ2) is 2.79. The smallest absolute Gasteiger partial charge is 0.157 e. The lowest BCUT2D eigenvalue weighted by molar-refractivity contribution is 0.0346. The molecule has 1 heterocycles. The van der Waals surface area contributed by atoms with Crippen LogP contribution < -0.4 is 0 Å². The number of hydrogen-bond acceptors (Lipinski definition) is 2. The number of thiocarbonyl (C=S) groups is 1. The van der Waals surface area contributed by atoms with Gasteiger partial charge in [0, 0.05) is 7.05 Å². The highest BCUT2D eigenvalue weighted by molar-refractivity contribution is 7.80. The van der Waals surface area contributed by atoms with E-state index in [0.717, 1.165) is 5.56 Å². The van der Waals surface area contributed by atoms with Gasteiger partial charge in [0.2, 0.25) is 0 Å². The van der Waals surface area contributed by atoms with Crippen LogP contribution in [0.25, 0.3) is 0 Å². The van der Waals surface area contributed by atoms with Crippen molar-refractivity contribution >= 4 is 17.2 Å². The molecule has 13 heavy (non-hydrogen) atoms. The minimum absolute atomic E-state index is 0.593. The predicted molar refractivity (Wildman–Crippen MR) is 55.6 cm³/mol. The van der Waals surface area contributed by atoms with Gasteiger partial charge in [0.05, 0.1) is 6.54 Å². The normalized spacial score (nSPS) is 27.2. The fraction of sp³-hybridized carbons (Fsp3) is 0.300. The zero-order valence-corrected chi connectivity index (χ0v) is 8.21. The number of nitrogens with zero attached hydrogens (tertiary/aromatic N) is 1. The van der Waals surface area contributed by atoms with Gasteiger partial charge in [-0.15, -0.1) is 0 Å². The third kappa shape index (κ3) is 1.16. The molecule has 1 aromatic rings. The number of aliphatic hydroxyl groups is 1. The lowest BCUT2D eigenvalue weighted by Crippen LogP contribution is -2.61. The van der Waals surface area contributed by atoms with Gasteiger partial charge in [0.1, 0.15) is 4.99 Å². The Kier molecular flexibility index (Phi) is 1.86. The molecule has 1 aliphatic heterocycles. The van der Waals surface area contributed by atoms with Crippen molar-refractivity contribution in [1.29, 1.82) is 0 Å². The summed E-state index contributed by atoms with van der Waals surface area (Å²) in [4.78, 5) is 2.49. The van der Waals surface area contributed by atoms with Gasteiger partial charge in [-0.1, -0.05) is 42.5 Å². The fourth-order valence-electron chi connectivity index (χ4n) is 1.64. The van der Waals surface area contributed by atoms with Crippen LogP contribution in [0.5, 0.6) is 0 Å². The summed E-state index contributed by atoms with van der Waals surface area (Å²) in [5.74, 6) is 0. The van der Waals surface area contributed by atoms with E-state index in [1.54, 1.807) is 0 Å². The van der Waals surface area contributed by atoms with Crippen molar-refractivity contribution in [3.63, 3.8) is 0 Å². The molecular formula is C10H11NOS. The molecule has 1 N–H and O–H groups in total. The van der Waals surface area contributed by atoms with Gasteiger partial charge in [0.25, 0.3) is 0 Å². The van der Waals surface area contributed by atoms with E-state index in [1.165, 1.54) is 0 Å². The summed E-state index contributed by atoms with van der Waals surface area (Å²) >= 11 is 5.10. The Bertz CT molecular complexity index is 338. The molecule has 1 saturated heterocycles. The van der Waals surface area contributed by atoms with Crippen molar-refractivity contribution < 1.29 is 5.11 Å². The molecule has 1 atom stereocenters. The molecule has 0 unspecified atom stereocenters. The average Bonchev–Trinajstić information content (AvgIpc) is 2.19. The molecule has 1 aliphatic rings. The Morgan fingerprint density at radius 1 is 1.38 bits per heavy atom. The molecule has 0 bridgehead atoms. The third-order valence-electron chi connectivity index (χ3n) is 2.42. The molecule has 1 fully saturated rings. The Morgan fingerprint density at radius 2 is 2.00 bits per heavy atom. The molecule has 2 rings (SSSR count). The van der Waals surface area contributed by atoms with E-state index in [2.05, 4.69) is 0 Å². The van der Waals surface area contributed by atoms with Crippen molar-refractivity contribution in [3.05, 3.63) is 35.9 Å². The Morgan fingerprint density at radius 3 is 2.46 bits per heavy atom. The maximum atomic E-state index is 10.1. The molecule has 68 valence electrons. The standard InChI is InChI=1S/C10H11NOS/c1-11-7-10(12,9(11)13)8-5-3-2-4-6-8/h2-6,12H,7H2,1H3/t10-/m1/s1. The number of likely N-dealkylation sites (N-methyl/N-ethyl adjacent to an activating group) is 1. The predicted octanol–water partition coefficient (Wildman–Crippen LogP) is 1.15. The highest BCUT2D eigenvalue weighted by atomic mass is 32.1. The lowest BCUT2D eigenvalue weighted by atomic mass is 9.86. The van der Waals surface area contributed by atoms with E-state index in [0.29, 0.717) is 11.5 Å². The fourth-order valence-corrected chi connectivity index (χ4v) is 1.88. The highest BCUT2D eigenvalue weighted by Gasteiger charge is 2.46. The summed E-state index contributed by atoms with van der Waals surface area (Å²) in [5, 5.41) is 10.1. The third-order valence-corrected chi connectivity index (χ3v) is 3.07. The average molecular weight is 193 g/mol. The number of hydrogen-bond donors (Lipinski definition) is 1. The topological polar surface area (TPSA) is 23.5 Å². The Labute approximate surface area is 82.8 Å². The highest BCUT2D eigenvalue weighted by Crippen LogP contribution is 2.32. The van der Waals surface area contributed by atoms with Crippen LogP contribution in [0.15, 0.2) is 30.3 Å². The van der Waals surface area contributed by atoms with Gasteiger partial charge in [-0.2, -0.15) is 0 Å². The number of benzene rings is 1. The zero-order valence-electron chi connectivity index (χ0n) is 7.40. The van der Waals surface area contributed by atoms with Crippen molar-refractivity contribution in [2.24, 2.45) is 0 Å². The van der Waals surface area contributed by atoms with Crippen LogP contribution in [0, 0.1) is 0 Å². The molecular weight excluding hydrogens is 182 g/mol. The van der Waals surface area contributed by atoms with Gasteiger partial charge in [0.15, 0.2) is 5.60 Å². The van der Waals surface area contributed by atoms with E-state index >= 15 is 0 Å². The summed E-state index contributed by atoms with van der Waals surface area (Å²) in [6.07, 6.45) is 0. The number of rotatable bonds is 1. The SMILES string of the molecule is CN1C[C@@](O)(c2ccccc2)C1=S. The van der Waals surface area contributed by atoms with Crippen LogP contribution in [0.4, 0.5) is 0 Å². The first-order chi connectivity index (χ1) is 6.14. The first-order valence-electron chi connectivity index (χ1n) is 4.18. The van der Waals surface area contributed by atoms with E-state index in [1.807, 2.05) is 42.3 Å². The Hall–Kier alpha value is -0.930. The summed E-state index contributed by atoms with van der Waals surface area (Å²) in [6.45, 7) is 0.593. The van der Waals surface area contributed by atoms with Crippen molar-refractivity contribution in [2.75, 3.05) is 13.6 Å². The minimum Gasteiger partial charge on any atom is -0.376 e. The molecule has 0 amide bonds. The second-order valence-electron chi connectivity index (χ2n) is 3.39. The summed E-state index contributed by atoms with van der Waals surface area (Å²) in [6, 6.07) is 9.55. The molecule has 0 aromatic heterocycles. The number of β-amino-alcohol motifs (C(OH)–C–C–N with tert-alkyl or cyclic N) is 1. The van der Waals surface area contributed by atoms with Gasteiger partial charge in [-0.25, -0.2) is 0 Å². The number of likely N-dealkylation sites (tertiary alicyclic amines) is 1. The first-order valence-corrected chi connectivity index (χ1v) is 4.59. The molecule has 0 aliphatic carbocycles. The largest absolute Gasteiger partial charge is 0.376 e. The lowest BCUT2D eigenvalue weighted by Gasteiger charge is -2.46. The van der Waals surface area contributed by atoms with Crippen LogP contribution in [-0.2, 0) is 5.60 Å². The summed E-state index contributed by atoms with van der Waals surface area (Å²) in [7, 11) is 1.89. The Balaban J connectivity index is 2.33. The van der Waals surface area contributed by atoms with Crippen LogP contribution in [0.2, 0.25) is 0 Å². The van der Waals surface area contributed by atoms with Gasteiger partial charge in [-0.05, 0) is 5.56 Å². The van der Waals surface area contributed by atoms with Crippen molar-refractivity contribution in [2.45, 2.75) is 5.60 Å². The molecule has 0 radical (unpaired) electrons. The van der Waals surface area contributed by atoms with Gasteiger partial charge in [-0.3, -0.25) is 0 Å². The van der Waals surface area contributed by atoms with Gasteiger partial charge >= 0.3 is 0 Å². The second-order valence-corrected chi connectivity index (χ2v) is 3.77. The molecule has 0 spiro atoms. The van der Waals surface area contributed by atoms with Crippen LogP contribution >= 0.6 is 12.2 Å². The van der Waals surface area contributed by atoms with Crippen LogP contribution in [0.3, 0.4) is 0 Å². The zero-order chi connectivity index (χ0) is 9.47. The molecule has 1 aromatic carbocycles. The van der Waals surface area contributed by atoms with Crippen molar-refractivity contribution in [3.8, 4) is 0 Å². The summed E-state index contributed by atoms with van der Waals surface area (Å²) < 4.78 is 0. The minimum atomic E-state index is -0.897. The summed E-state index contributed by atoms with van der Waals surface area (Å²) in [5.41, 5.74) is -0.0103. The molecule has 3 heteroatoms. The van der Waals surface area contributed by atoms with E-state index in [-0.39, 0.29) is 0 Å². The quantitative estimate of drug-likeness (QED) is 0.677. The van der Waals surface area contributed by atoms with E-state index in [9.17, 15) is 5.11 Å². The van der Waals surface area contributed by atoms with E-state index in [4.69, 9.17) is 12.2 Å². The first kappa shape index (κ1) is 8.66. The van der Waals surface area contributed by atoms with Crippen molar-refractivity contribution in [1.82, 2.24) is 4.90 Å². The van der Waals surface area contributed by atoms with Crippen LogP contribution in [0.1, 0.15) is 5.56 Å². The molecule has 0 saturated carbocycles.